The second-order valence-electron chi connectivity index (χ2n) is 20.0. The fraction of sp³-hybridized carbons (Fsp3) is 0.681. The summed E-state index contributed by atoms with van der Waals surface area (Å²) in [6.07, 6.45) is 8.29. The van der Waals surface area contributed by atoms with Crippen LogP contribution in [-0.4, -0.2) is 129 Å². The van der Waals surface area contributed by atoms with Crippen LogP contribution in [0, 0.1) is 17.3 Å². The largest absolute Gasteiger partial charge is 0.492 e. The maximum absolute atomic E-state index is 15.0. The number of nitrogens with zero attached hydrogens (tertiary/aromatic N) is 3. The number of carbonyl (C=O) groups is 4. The summed E-state index contributed by atoms with van der Waals surface area (Å²) in [5, 5.41) is 6.62. The summed E-state index contributed by atoms with van der Waals surface area (Å²) in [5.41, 5.74) is -0.939. The van der Waals surface area contributed by atoms with E-state index in [1.165, 1.54) is 18.1 Å². The number of fused-ring (bicyclic) bond motifs is 5. The average molecular weight is 909 g/mol. The van der Waals surface area contributed by atoms with Gasteiger partial charge in [0.1, 0.15) is 40.3 Å². The Labute approximate surface area is 378 Å². The Balaban J connectivity index is 1.24. The predicted octanol–water partition coefficient (Wildman–Crippen LogP) is 5.03. The van der Waals surface area contributed by atoms with Crippen molar-refractivity contribution in [2.24, 2.45) is 17.3 Å². The van der Waals surface area contributed by atoms with E-state index in [0.717, 1.165) is 68.9 Å². The lowest BCUT2D eigenvalue weighted by atomic mass is 9.85. The summed E-state index contributed by atoms with van der Waals surface area (Å²) >= 11 is 0. The van der Waals surface area contributed by atoms with Gasteiger partial charge in [-0.2, -0.15) is 0 Å². The van der Waals surface area contributed by atoms with Crippen molar-refractivity contribution in [3.63, 3.8) is 0 Å². The van der Waals surface area contributed by atoms with E-state index < -0.39 is 73.6 Å². The molecule has 0 unspecified atom stereocenters. The van der Waals surface area contributed by atoms with Gasteiger partial charge in [-0.15, -0.1) is 6.58 Å². The fourth-order valence-corrected chi connectivity index (χ4v) is 11.4. The van der Waals surface area contributed by atoms with Gasteiger partial charge in [-0.1, -0.05) is 51.8 Å². The van der Waals surface area contributed by atoms with Crippen LogP contribution in [0.2, 0.25) is 0 Å². The van der Waals surface area contributed by atoms with E-state index in [0.29, 0.717) is 43.0 Å². The number of pyridine rings is 1. The number of carbonyl (C=O) groups excluding carboxylic acids is 4. The van der Waals surface area contributed by atoms with Crippen LogP contribution in [-0.2, 0) is 40.3 Å². The van der Waals surface area contributed by atoms with E-state index in [1.807, 2.05) is 59.1 Å². The highest BCUT2D eigenvalue weighted by Gasteiger charge is 2.64. The number of alkyl carbamates (subject to hydrolysis) is 1. The molecule has 3 heterocycles. The van der Waals surface area contributed by atoms with Gasteiger partial charge in [-0.3, -0.25) is 19.1 Å². The van der Waals surface area contributed by atoms with Crippen LogP contribution in [0.3, 0.4) is 0 Å². The Kier molecular flexibility index (Phi) is 14.2. The molecule has 64 heavy (non-hydrogen) atoms. The number of aromatic nitrogens is 1. The molecule has 3 saturated carbocycles. The maximum atomic E-state index is 15.0. The smallest absolute Gasteiger partial charge is 0.408 e. The Morgan fingerprint density at radius 3 is 2.52 bits per heavy atom. The number of hydrogen-bond acceptors (Lipinski definition) is 12. The number of amides is 4. The van der Waals surface area contributed by atoms with E-state index in [9.17, 15) is 27.6 Å². The molecule has 0 radical (unpaired) electrons. The van der Waals surface area contributed by atoms with Gasteiger partial charge in [-0.25, -0.2) is 18.2 Å². The Morgan fingerprint density at radius 1 is 1.08 bits per heavy atom. The fourth-order valence-electron chi connectivity index (χ4n) is 9.80. The van der Waals surface area contributed by atoms with Gasteiger partial charge in [0, 0.05) is 31.4 Å². The third kappa shape index (κ3) is 10.2. The van der Waals surface area contributed by atoms with Crippen LogP contribution < -0.4 is 24.8 Å². The topological polar surface area (TPSA) is 195 Å². The summed E-state index contributed by atoms with van der Waals surface area (Å²) in [5.74, 6) is -1.36. The van der Waals surface area contributed by atoms with E-state index in [-0.39, 0.29) is 38.0 Å². The van der Waals surface area contributed by atoms with E-state index >= 15 is 0 Å². The number of hydrogen-bond donors (Lipinski definition) is 3. The van der Waals surface area contributed by atoms with E-state index in [2.05, 4.69) is 26.8 Å². The molecule has 3 aliphatic carbocycles. The second-order valence-corrected chi connectivity index (χ2v) is 22.0. The Hall–Kier alpha value is -4.48. The van der Waals surface area contributed by atoms with Crippen LogP contribution in [0.5, 0.6) is 11.6 Å². The molecule has 4 amide bonds. The van der Waals surface area contributed by atoms with Crippen molar-refractivity contribution < 1.29 is 46.5 Å². The molecular formula is C47H68N6O10S. The number of methoxy groups -OCH3 is 1. The zero-order chi connectivity index (χ0) is 46.0. The average Bonchev–Trinajstić information content (AvgIpc) is 4.08. The van der Waals surface area contributed by atoms with Crippen LogP contribution >= 0.6 is 0 Å². The highest BCUT2D eigenvalue weighted by atomic mass is 32.2. The van der Waals surface area contributed by atoms with Crippen LogP contribution in [0.4, 0.5) is 4.79 Å². The molecule has 1 saturated heterocycles. The number of ether oxygens (including phenoxy) is 4. The number of rotatable bonds is 13. The molecule has 7 atom stereocenters. The van der Waals surface area contributed by atoms with Gasteiger partial charge in [0.2, 0.25) is 27.7 Å². The first-order valence-corrected chi connectivity index (χ1v) is 24.5. The van der Waals surface area contributed by atoms with Crippen molar-refractivity contribution in [3.8, 4) is 11.6 Å². The minimum atomic E-state index is -4.16. The first kappa shape index (κ1) is 47.5. The Bertz CT molecular complexity index is 2190. The van der Waals surface area contributed by atoms with Crippen molar-refractivity contribution in [1.82, 2.24) is 30.1 Å². The molecule has 4 fully saturated rings. The molecule has 2 aromatic rings. The lowest BCUT2D eigenvalue weighted by Gasteiger charge is -2.35. The number of nitrogens with one attached hydrogen (secondary N) is 3. The van der Waals surface area contributed by atoms with Gasteiger partial charge >= 0.3 is 6.09 Å². The molecule has 0 spiro atoms. The van der Waals surface area contributed by atoms with Crippen molar-refractivity contribution in [2.75, 3.05) is 47.5 Å². The van der Waals surface area contributed by atoms with Crippen molar-refractivity contribution in [3.05, 3.63) is 42.5 Å². The van der Waals surface area contributed by atoms with E-state index in [1.54, 1.807) is 0 Å². The first-order valence-electron chi connectivity index (χ1n) is 23.1. The molecule has 2 bridgehead atoms. The molecule has 3 N–H and O–H groups in total. The van der Waals surface area contributed by atoms with Crippen LogP contribution in [0.1, 0.15) is 103 Å². The molecule has 2 aliphatic heterocycles. The van der Waals surface area contributed by atoms with Crippen molar-refractivity contribution in [2.45, 2.75) is 139 Å². The van der Waals surface area contributed by atoms with Gasteiger partial charge in [0.15, 0.2) is 0 Å². The molecule has 7 rings (SSSR count). The molecular weight excluding hydrogens is 841 g/mol. The third-order valence-electron chi connectivity index (χ3n) is 13.8. The zero-order valence-corrected chi connectivity index (χ0v) is 39.2. The highest BCUT2D eigenvalue weighted by Crippen LogP contribution is 2.48. The summed E-state index contributed by atoms with van der Waals surface area (Å²) < 4.78 is 52.7. The zero-order valence-electron chi connectivity index (χ0n) is 38.4. The number of para-hydroxylation sites is 1. The van der Waals surface area contributed by atoms with Gasteiger partial charge < -0.3 is 39.4 Å². The first-order chi connectivity index (χ1) is 30.4. The third-order valence-corrected chi connectivity index (χ3v) is 15.9. The molecule has 1 aromatic heterocycles. The Morgan fingerprint density at radius 2 is 1.83 bits per heavy atom. The lowest BCUT2D eigenvalue weighted by Crippen LogP contribution is -2.60. The van der Waals surface area contributed by atoms with Crippen molar-refractivity contribution in [1.29, 1.82) is 0 Å². The SMILES string of the molecule is C=C[C@@H]1C[C@]1(NC(=O)[C@@H]1C[C@@H]2CN1C(=O)[C@H](C(C)(C)C)NC(=O)O[C@@H]1CCC[C@H]1CCCCCc1c(nc3ccccc3c1OCCCN(C)C)O2)C(=O)NS(=O)(=O)C1(COC)CC1. The quantitative estimate of drug-likeness (QED) is 0.180. The summed E-state index contributed by atoms with van der Waals surface area (Å²) in [6, 6.07) is 5.49. The van der Waals surface area contributed by atoms with E-state index in [4.69, 9.17) is 23.9 Å². The molecule has 5 aliphatic rings. The molecule has 17 heteroatoms. The number of sulfonamides is 1. The summed E-state index contributed by atoms with van der Waals surface area (Å²) in [7, 11) is 1.29. The van der Waals surface area contributed by atoms with Crippen LogP contribution in [0.15, 0.2) is 36.9 Å². The standard InChI is InChI=1S/C47H68N6O10S/c1-8-31-27-47(31,43(56)51-64(58,59)46(22-23-46)29-60-7)50-40(54)36-26-32-28-53(36)42(55)39(45(2,3)4)49-44(57)63-37-21-14-17-30(37)16-10-9-11-19-34-38(61-25-15-24-52(5)6)33-18-12-13-20-35(33)48-41(34)62-32/h8,12-13,18,20,30-32,36-37,39H,1,9-11,14-17,19,21-29H2,2-7H3,(H,49,57)(H,50,54)(H,51,56)/t30-,31-,32-,36+,37-,39-,47-/m1/s1. The van der Waals surface area contributed by atoms with Crippen LogP contribution in [0.25, 0.3) is 10.9 Å². The number of benzene rings is 1. The highest BCUT2D eigenvalue weighted by molar-refractivity contribution is 7.91. The normalized spacial score (nSPS) is 28.4. The molecule has 1 aromatic carbocycles. The minimum Gasteiger partial charge on any atom is -0.492 e. The summed E-state index contributed by atoms with van der Waals surface area (Å²) in [6.45, 7) is 10.6. The monoisotopic (exact) mass is 908 g/mol. The van der Waals surface area contributed by atoms with Gasteiger partial charge in [0.25, 0.3) is 5.91 Å². The lowest BCUT2D eigenvalue weighted by molar-refractivity contribution is -0.143. The minimum absolute atomic E-state index is 0.0152. The van der Waals surface area contributed by atoms with Crippen molar-refractivity contribution >= 4 is 44.7 Å². The molecule has 16 nitrogen and oxygen atoms in total. The second kappa shape index (κ2) is 19.2. The van der Waals surface area contributed by atoms with Gasteiger partial charge in [-0.05, 0) is 102 Å². The maximum Gasteiger partial charge on any atom is 0.408 e. The predicted molar refractivity (Wildman–Crippen MR) is 241 cm³/mol. The summed E-state index contributed by atoms with van der Waals surface area (Å²) in [4.78, 5) is 66.0. The van der Waals surface area contributed by atoms with Gasteiger partial charge in [0.05, 0.1) is 30.8 Å². The molecule has 352 valence electrons.